The van der Waals surface area contributed by atoms with E-state index in [-0.39, 0.29) is 12.4 Å². The van der Waals surface area contributed by atoms with Crippen molar-refractivity contribution in [1.82, 2.24) is 20.2 Å². The van der Waals surface area contributed by atoms with Crippen LogP contribution in [0.15, 0.2) is 24.4 Å². The Hall–Kier alpha value is -2.65. The Kier molecular flexibility index (Phi) is 4.29. The Morgan fingerprint density at radius 2 is 2.09 bits per heavy atom. The van der Waals surface area contributed by atoms with Gasteiger partial charge in [-0.2, -0.15) is 22.7 Å². The van der Waals surface area contributed by atoms with Crippen molar-refractivity contribution in [3.8, 4) is 0 Å². The first-order valence-corrected chi connectivity index (χ1v) is 6.15. The number of carbonyl (C=O) groups excluding carboxylic acids is 1. The van der Waals surface area contributed by atoms with Gasteiger partial charge in [-0.1, -0.05) is 6.07 Å². The third kappa shape index (κ3) is 3.51. The first-order valence-electron chi connectivity index (χ1n) is 6.15. The number of halogens is 4. The summed E-state index contributed by atoms with van der Waals surface area (Å²) < 4.78 is 52.4. The largest absolute Gasteiger partial charge is 0.435 e. The van der Waals surface area contributed by atoms with Gasteiger partial charge in [-0.25, -0.2) is 4.98 Å². The van der Waals surface area contributed by atoms with Crippen LogP contribution >= 0.6 is 0 Å². The Balaban J connectivity index is 2.17. The number of amides is 1. The number of alkyl halides is 3. The van der Waals surface area contributed by atoms with Crippen LogP contribution in [0.2, 0.25) is 0 Å². The van der Waals surface area contributed by atoms with Crippen molar-refractivity contribution in [1.29, 1.82) is 0 Å². The number of nitrogens with one attached hydrogen (secondary N) is 2. The van der Waals surface area contributed by atoms with Gasteiger partial charge in [-0.3, -0.25) is 20.3 Å². The van der Waals surface area contributed by atoms with Gasteiger partial charge in [-0.05, 0) is 19.1 Å². The molecule has 118 valence electrons. The Morgan fingerprint density at radius 1 is 1.36 bits per heavy atom. The molecule has 2 aromatic heterocycles. The number of aromatic nitrogens is 3. The second-order valence-electron chi connectivity index (χ2n) is 4.17. The minimum Gasteiger partial charge on any atom is -0.282 e. The van der Waals surface area contributed by atoms with Gasteiger partial charge in [-0.15, -0.1) is 0 Å². The average molecular weight is 317 g/mol. The highest BCUT2D eigenvalue weighted by atomic mass is 19.4. The summed E-state index contributed by atoms with van der Waals surface area (Å²) in [7, 11) is 0. The summed E-state index contributed by atoms with van der Waals surface area (Å²) in [4.78, 5) is 15.2. The number of carbonyl (C=O) groups is 1. The molecular weight excluding hydrogens is 306 g/mol. The molecule has 2 aromatic rings. The van der Waals surface area contributed by atoms with E-state index in [0.717, 1.165) is 16.9 Å². The Morgan fingerprint density at radius 3 is 2.68 bits per heavy atom. The molecule has 0 aromatic carbocycles. The highest BCUT2D eigenvalue weighted by Gasteiger charge is 2.39. The zero-order valence-electron chi connectivity index (χ0n) is 11.3. The van der Waals surface area contributed by atoms with Crippen molar-refractivity contribution in [3.63, 3.8) is 0 Å². The number of hydrogen-bond acceptors (Lipinski definition) is 4. The molecule has 0 spiro atoms. The molecule has 6 nitrogen and oxygen atoms in total. The predicted octanol–water partition coefficient (Wildman–Crippen LogP) is 2.21. The molecule has 22 heavy (non-hydrogen) atoms. The van der Waals surface area contributed by atoms with E-state index in [9.17, 15) is 22.4 Å². The van der Waals surface area contributed by atoms with E-state index >= 15 is 0 Å². The van der Waals surface area contributed by atoms with Crippen LogP contribution in [-0.4, -0.2) is 20.7 Å². The lowest BCUT2D eigenvalue weighted by atomic mass is 10.2. The summed E-state index contributed by atoms with van der Waals surface area (Å²) in [5.41, 5.74) is 2.32. The first-order chi connectivity index (χ1) is 10.3. The molecule has 2 heterocycles. The molecule has 0 atom stereocenters. The van der Waals surface area contributed by atoms with E-state index in [1.54, 1.807) is 6.92 Å². The zero-order valence-corrected chi connectivity index (χ0v) is 11.3. The fraction of sp³-hybridized carbons (Fsp3) is 0.250. The number of aryl methyl sites for hydroxylation is 1. The van der Waals surface area contributed by atoms with Gasteiger partial charge >= 0.3 is 6.18 Å². The molecule has 0 fully saturated rings. The monoisotopic (exact) mass is 317 g/mol. The lowest BCUT2D eigenvalue weighted by Crippen LogP contribution is -2.31. The van der Waals surface area contributed by atoms with Gasteiger partial charge < -0.3 is 0 Å². The minimum atomic E-state index is -4.76. The van der Waals surface area contributed by atoms with Gasteiger partial charge in [0.2, 0.25) is 5.95 Å². The molecule has 2 N–H and O–H groups in total. The van der Waals surface area contributed by atoms with Crippen LogP contribution in [0, 0.1) is 5.95 Å². The summed E-state index contributed by atoms with van der Waals surface area (Å²) in [5.74, 6) is -1.91. The second kappa shape index (κ2) is 6.00. The first kappa shape index (κ1) is 15.7. The fourth-order valence-corrected chi connectivity index (χ4v) is 1.62. The normalized spacial score (nSPS) is 11.3. The zero-order chi connectivity index (χ0) is 16.3. The smallest absolute Gasteiger partial charge is 0.282 e. The van der Waals surface area contributed by atoms with E-state index in [2.05, 4.69) is 15.5 Å². The van der Waals surface area contributed by atoms with Crippen LogP contribution in [0.5, 0.6) is 0 Å². The van der Waals surface area contributed by atoms with Gasteiger partial charge in [0.05, 0.1) is 5.56 Å². The summed E-state index contributed by atoms with van der Waals surface area (Å²) in [6.07, 6.45) is -3.77. The third-order valence-electron chi connectivity index (χ3n) is 2.62. The topological polar surface area (TPSA) is 71.8 Å². The van der Waals surface area contributed by atoms with Gasteiger partial charge in [0.15, 0.2) is 5.69 Å². The number of hydrogen-bond donors (Lipinski definition) is 2. The maximum atomic E-state index is 12.9. The summed E-state index contributed by atoms with van der Waals surface area (Å²) in [5, 5.41) is 3.32. The van der Waals surface area contributed by atoms with E-state index in [0.29, 0.717) is 0 Å². The van der Waals surface area contributed by atoms with E-state index in [4.69, 9.17) is 0 Å². The quantitative estimate of drug-likeness (QED) is 0.515. The lowest BCUT2D eigenvalue weighted by Gasteiger charge is -2.08. The van der Waals surface area contributed by atoms with E-state index < -0.39 is 29.3 Å². The van der Waals surface area contributed by atoms with Crippen molar-refractivity contribution >= 4 is 11.7 Å². The van der Waals surface area contributed by atoms with Crippen molar-refractivity contribution in [2.75, 3.05) is 5.43 Å². The van der Waals surface area contributed by atoms with E-state index in [1.165, 1.54) is 12.1 Å². The number of hydrazine groups is 1. The lowest BCUT2D eigenvalue weighted by molar-refractivity contribution is -0.141. The summed E-state index contributed by atoms with van der Waals surface area (Å²) in [6.45, 7) is 1.76. The Bertz CT molecular complexity index is 682. The number of rotatable bonds is 4. The third-order valence-corrected chi connectivity index (χ3v) is 2.62. The van der Waals surface area contributed by atoms with E-state index in [1.807, 2.05) is 5.43 Å². The second-order valence-corrected chi connectivity index (χ2v) is 4.17. The van der Waals surface area contributed by atoms with Crippen LogP contribution in [0.3, 0.4) is 0 Å². The van der Waals surface area contributed by atoms with Crippen LogP contribution in [-0.2, 0) is 12.7 Å². The fourth-order valence-electron chi connectivity index (χ4n) is 1.62. The number of pyridine rings is 1. The van der Waals surface area contributed by atoms with Crippen molar-refractivity contribution in [3.05, 3.63) is 41.6 Å². The standard InChI is InChI=1S/C12H11F4N5O/c1-2-21-6-7(10(20-21)12(14,15)16)11(22)19-18-9-5-3-4-8(13)17-9/h3-6H,2H2,1H3,(H,17,18)(H,19,22). The SMILES string of the molecule is CCn1cc(C(=O)NNc2cccc(F)n2)c(C(F)(F)F)n1. The molecule has 1 amide bonds. The van der Waals surface area contributed by atoms with Gasteiger partial charge in [0.25, 0.3) is 5.91 Å². The van der Waals surface area contributed by atoms with Crippen LogP contribution in [0.4, 0.5) is 23.4 Å². The predicted molar refractivity (Wildman–Crippen MR) is 68.2 cm³/mol. The molecule has 0 saturated heterocycles. The molecule has 0 aliphatic carbocycles. The van der Waals surface area contributed by atoms with Crippen molar-refractivity contribution < 1.29 is 22.4 Å². The molecule has 0 radical (unpaired) electrons. The molecule has 0 bridgehead atoms. The molecule has 2 rings (SSSR count). The minimum absolute atomic E-state index is 0.0511. The van der Waals surface area contributed by atoms with Crippen LogP contribution < -0.4 is 10.9 Å². The van der Waals surface area contributed by atoms with Crippen LogP contribution in [0.25, 0.3) is 0 Å². The molecule has 0 aliphatic heterocycles. The van der Waals surface area contributed by atoms with Crippen molar-refractivity contribution in [2.24, 2.45) is 0 Å². The van der Waals surface area contributed by atoms with Gasteiger partial charge in [0, 0.05) is 12.7 Å². The van der Waals surface area contributed by atoms with Crippen molar-refractivity contribution in [2.45, 2.75) is 19.6 Å². The average Bonchev–Trinajstić information content (AvgIpc) is 2.89. The molecule has 0 saturated carbocycles. The maximum Gasteiger partial charge on any atom is 0.435 e. The maximum absolute atomic E-state index is 12.9. The molecule has 0 aliphatic rings. The summed E-state index contributed by atoms with van der Waals surface area (Å²) >= 11 is 0. The highest BCUT2D eigenvalue weighted by molar-refractivity contribution is 5.95. The Labute approximate surface area is 122 Å². The van der Waals surface area contributed by atoms with Crippen LogP contribution in [0.1, 0.15) is 23.0 Å². The van der Waals surface area contributed by atoms with Gasteiger partial charge in [0.1, 0.15) is 5.82 Å². The molecule has 10 heteroatoms. The molecule has 0 unspecified atom stereocenters. The highest BCUT2D eigenvalue weighted by Crippen LogP contribution is 2.30. The number of anilines is 1. The molecular formula is C12H11F4N5O. The number of nitrogens with zero attached hydrogens (tertiary/aromatic N) is 3. The summed E-state index contributed by atoms with van der Waals surface area (Å²) in [6, 6.07) is 3.75.